The second-order valence-electron chi connectivity index (χ2n) is 4.70. The van der Waals surface area contributed by atoms with Gasteiger partial charge in [0, 0.05) is 22.1 Å². The SMILES string of the molecule is COc1ccc(F)cc1-c1ccccc1CS(=O)CC(N)=O. The fraction of sp³-hybridized carbons (Fsp3) is 0.188. The molecular formula is C16H16FNO3S. The zero-order valence-electron chi connectivity index (χ0n) is 12.0. The molecular weight excluding hydrogens is 305 g/mol. The highest BCUT2D eigenvalue weighted by Gasteiger charge is 2.14. The van der Waals surface area contributed by atoms with Crippen LogP contribution in [-0.4, -0.2) is 23.0 Å². The average molecular weight is 321 g/mol. The van der Waals surface area contributed by atoms with Gasteiger partial charge in [-0.2, -0.15) is 0 Å². The van der Waals surface area contributed by atoms with E-state index in [0.717, 1.165) is 11.1 Å². The lowest BCUT2D eigenvalue weighted by Crippen LogP contribution is -2.20. The van der Waals surface area contributed by atoms with E-state index in [1.54, 1.807) is 30.3 Å². The molecule has 0 radical (unpaired) electrons. The van der Waals surface area contributed by atoms with Gasteiger partial charge in [-0.05, 0) is 29.3 Å². The first-order chi connectivity index (χ1) is 10.5. The molecule has 116 valence electrons. The second-order valence-corrected chi connectivity index (χ2v) is 6.15. The Hall–Kier alpha value is -2.21. The number of carbonyl (C=O) groups excluding carboxylic acids is 1. The third-order valence-electron chi connectivity index (χ3n) is 3.09. The van der Waals surface area contributed by atoms with Crippen molar-refractivity contribution in [3.63, 3.8) is 0 Å². The molecule has 22 heavy (non-hydrogen) atoms. The van der Waals surface area contributed by atoms with Gasteiger partial charge in [0.1, 0.15) is 17.3 Å². The van der Waals surface area contributed by atoms with Gasteiger partial charge in [0.15, 0.2) is 0 Å². The summed E-state index contributed by atoms with van der Waals surface area (Å²) in [6, 6.07) is 11.4. The molecule has 0 spiro atoms. The summed E-state index contributed by atoms with van der Waals surface area (Å²) >= 11 is 0. The van der Waals surface area contributed by atoms with E-state index in [1.165, 1.54) is 19.2 Å². The van der Waals surface area contributed by atoms with Crippen LogP contribution in [0.4, 0.5) is 4.39 Å². The van der Waals surface area contributed by atoms with Gasteiger partial charge in [-0.3, -0.25) is 9.00 Å². The van der Waals surface area contributed by atoms with Gasteiger partial charge < -0.3 is 10.5 Å². The molecule has 4 nitrogen and oxygen atoms in total. The van der Waals surface area contributed by atoms with E-state index < -0.39 is 16.7 Å². The maximum absolute atomic E-state index is 13.6. The fourth-order valence-electron chi connectivity index (χ4n) is 2.18. The highest BCUT2D eigenvalue weighted by molar-refractivity contribution is 7.84. The summed E-state index contributed by atoms with van der Waals surface area (Å²) in [7, 11) is 0.0964. The molecule has 1 amide bonds. The van der Waals surface area contributed by atoms with Gasteiger partial charge >= 0.3 is 0 Å². The summed E-state index contributed by atoms with van der Waals surface area (Å²) in [4.78, 5) is 10.9. The molecule has 0 aliphatic rings. The van der Waals surface area contributed by atoms with Gasteiger partial charge in [-0.25, -0.2) is 4.39 Å². The van der Waals surface area contributed by atoms with Crippen LogP contribution in [0.5, 0.6) is 5.75 Å². The van der Waals surface area contributed by atoms with Crippen molar-refractivity contribution in [2.75, 3.05) is 12.9 Å². The summed E-state index contributed by atoms with van der Waals surface area (Å²) in [5.41, 5.74) is 7.10. The van der Waals surface area contributed by atoms with Crippen molar-refractivity contribution in [3.05, 3.63) is 53.8 Å². The van der Waals surface area contributed by atoms with Crippen LogP contribution in [0.15, 0.2) is 42.5 Å². The Morgan fingerprint density at radius 1 is 1.23 bits per heavy atom. The lowest BCUT2D eigenvalue weighted by atomic mass is 9.99. The van der Waals surface area contributed by atoms with Crippen LogP contribution < -0.4 is 10.5 Å². The molecule has 2 aromatic carbocycles. The zero-order chi connectivity index (χ0) is 16.1. The number of amides is 1. The molecule has 2 N–H and O–H groups in total. The lowest BCUT2D eigenvalue weighted by Gasteiger charge is -2.13. The van der Waals surface area contributed by atoms with E-state index >= 15 is 0 Å². The van der Waals surface area contributed by atoms with E-state index in [-0.39, 0.29) is 17.3 Å². The molecule has 0 aliphatic carbocycles. The third-order valence-corrected chi connectivity index (χ3v) is 4.33. The fourth-order valence-corrected chi connectivity index (χ4v) is 3.20. The van der Waals surface area contributed by atoms with Gasteiger partial charge in [-0.1, -0.05) is 24.3 Å². The number of carbonyl (C=O) groups is 1. The summed E-state index contributed by atoms with van der Waals surface area (Å²) in [6.45, 7) is 0. The minimum absolute atomic E-state index is 0.165. The quantitative estimate of drug-likeness (QED) is 0.887. The summed E-state index contributed by atoms with van der Waals surface area (Å²) < 4.78 is 30.8. The number of hydrogen-bond donors (Lipinski definition) is 1. The topological polar surface area (TPSA) is 69.4 Å². The first-order valence-corrected chi connectivity index (χ1v) is 8.05. The molecule has 0 saturated carbocycles. The Morgan fingerprint density at radius 2 is 1.95 bits per heavy atom. The van der Waals surface area contributed by atoms with E-state index in [1.807, 2.05) is 0 Å². The number of benzene rings is 2. The number of nitrogens with two attached hydrogens (primary N) is 1. The molecule has 1 atom stereocenters. The van der Waals surface area contributed by atoms with E-state index in [4.69, 9.17) is 10.5 Å². The highest BCUT2D eigenvalue weighted by atomic mass is 32.2. The predicted molar refractivity (Wildman–Crippen MR) is 84.3 cm³/mol. The van der Waals surface area contributed by atoms with Gasteiger partial charge in [0.2, 0.25) is 5.91 Å². The first kappa shape index (κ1) is 16.2. The predicted octanol–water partition coefficient (Wildman–Crippen LogP) is 2.24. The maximum atomic E-state index is 13.6. The molecule has 0 aromatic heterocycles. The normalized spacial score (nSPS) is 11.9. The van der Waals surface area contributed by atoms with Crippen LogP contribution in [-0.2, 0) is 21.3 Å². The maximum Gasteiger partial charge on any atom is 0.230 e. The van der Waals surface area contributed by atoms with Crippen LogP contribution in [0.3, 0.4) is 0 Å². The average Bonchev–Trinajstić information content (AvgIpc) is 2.47. The van der Waals surface area contributed by atoms with Crippen molar-refractivity contribution in [3.8, 4) is 16.9 Å². The molecule has 2 aromatic rings. The minimum Gasteiger partial charge on any atom is -0.496 e. The summed E-state index contributed by atoms with van der Waals surface area (Å²) in [6.07, 6.45) is 0. The summed E-state index contributed by atoms with van der Waals surface area (Å²) in [5, 5.41) is 0. The monoisotopic (exact) mass is 321 g/mol. The number of rotatable bonds is 6. The smallest absolute Gasteiger partial charge is 0.230 e. The number of halogens is 1. The van der Waals surface area contributed by atoms with E-state index in [9.17, 15) is 13.4 Å². The second kappa shape index (κ2) is 7.17. The largest absolute Gasteiger partial charge is 0.496 e. The Balaban J connectivity index is 2.42. The number of methoxy groups -OCH3 is 1. The molecule has 0 bridgehead atoms. The van der Waals surface area contributed by atoms with E-state index in [0.29, 0.717) is 11.3 Å². The number of hydrogen-bond acceptors (Lipinski definition) is 3. The van der Waals surface area contributed by atoms with E-state index in [2.05, 4.69) is 0 Å². The number of primary amides is 1. The number of ether oxygens (including phenoxy) is 1. The van der Waals surface area contributed by atoms with Gasteiger partial charge in [0.25, 0.3) is 0 Å². The van der Waals surface area contributed by atoms with Crippen LogP contribution in [0.2, 0.25) is 0 Å². The Labute approximate surface area is 130 Å². The van der Waals surface area contributed by atoms with Crippen LogP contribution >= 0.6 is 0 Å². The van der Waals surface area contributed by atoms with Gasteiger partial charge in [-0.15, -0.1) is 0 Å². The molecule has 0 saturated heterocycles. The van der Waals surface area contributed by atoms with Crippen LogP contribution in [0.1, 0.15) is 5.56 Å². The Morgan fingerprint density at radius 3 is 2.64 bits per heavy atom. The van der Waals surface area contributed by atoms with Crippen molar-refractivity contribution in [2.24, 2.45) is 5.73 Å². The molecule has 1 unspecified atom stereocenters. The van der Waals surface area contributed by atoms with Crippen molar-refractivity contribution in [1.29, 1.82) is 0 Å². The van der Waals surface area contributed by atoms with Crippen molar-refractivity contribution < 1.29 is 18.1 Å². The van der Waals surface area contributed by atoms with Crippen molar-refractivity contribution in [1.82, 2.24) is 0 Å². The molecule has 2 rings (SSSR count). The highest BCUT2D eigenvalue weighted by Crippen LogP contribution is 2.33. The molecule has 0 fully saturated rings. The zero-order valence-corrected chi connectivity index (χ0v) is 12.9. The van der Waals surface area contributed by atoms with Crippen LogP contribution in [0, 0.1) is 5.82 Å². The Kier molecular flexibility index (Phi) is 5.27. The Bertz CT molecular complexity index is 718. The summed E-state index contributed by atoms with van der Waals surface area (Å²) in [5.74, 6) is -0.509. The molecule has 6 heteroatoms. The molecule has 0 aliphatic heterocycles. The van der Waals surface area contributed by atoms with Crippen LogP contribution in [0.25, 0.3) is 11.1 Å². The lowest BCUT2D eigenvalue weighted by molar-refractivity contribution is -0.115. The standard InChI is InChI=1S/C16H16FNO3S/c1-21-15-7-6-12(17)8-14(15)13-5-3-2-4-11(13)9-22(20)10-16(18)19/h2-8H,9-10H2,1H3,(H2,18,19). The van der Waals surface area contributed by atoms with Gasteiger partial charge in [0.05, 0.1) is 7.11 Å². The first-order valence-electron chi connectivity index (χ1n) is 6.56. The molecule has 0 heterocycles. The third kappa shape index (κ3) is 3.92. The minimum atomic E-state index is -1.41. The van der Waals surface area contributed by atoms with Crippen molar-refractivity contribution in [2.45, 2.75) is 5.75 Å². The van der Waals surface area contributed by atoms with Crippen molar-refractivity contribution >= 4 is 16.7 Å².